The number of hydrogen-bond donors (Lipinski definition) is 2. The van der Waals surface area contributed by atoms with Crippen LogP contribution in [0.1, 0.15) is 27.2 Å². The first-order chi connectivity index (χ1) is 9.31. The molecule has 110 valence electrons. The minimum absolute atomic E-state index is 0.101. The lowest BCUT2D eigenvalue weighted by Gasteiger charge is -2.13. The molecule has 0 bridgehead atoms. The summed E-state index contributed by atoms with van der Waals surface area (Å²) < 4.78 is 5.16. The molecule has 0 unspecified atom stereocenters. The molecule has 1 aromatic carbocycles. The van der Waals surface area contributed by atoms with Crippen LogP contribution in [0.2, 0.25) is 0 Å². The number of nitrogens with one attached hydrogen (secondary N) is 1. The quantitative estimate of drug-likeness (QED) is 0.641. The smallest absolute Gasteiger partial charge is 0.246 e. The fourth-order valence-corrected chi connectivity index (χ4v) is 1.49. The maximum Gasteiger partial charge on any atom is 0.246 e. The third-order valence-electron chi connectivity index (χ3n) is 2.57. The molecule has 0 saturated carbocycles. The summed E-state index contributed by atoms with van der Waals surface area (Å²) in [7, 11) is 1.53. The Hall–Kier alpha value is -2.04. The molecule has 3 N–H and O–H groups in total. The number of nitrogens with zero attached hydrogens (tertiary/aromatic N) is 1. The van der Waals surface area contributed by atoms with Crippen LogP contribution in [0.4, 0.5) is 11.4 Å². The molecular formula is C15H23N3O2. The average Bonchev–Trinajstić information content (AvgIpc) is 2.35. The average molecular weight is 277 g/mol. The van der Waals surface area contributed by atoms with Gasteiger partial charge in [0.15, 0.2) is 0 Å². The second kappa shape index (κ2) is 6.93. The second-order valence-electron chi connectivity index (χ2n) is 5.80. The normalized spacial score (nSPS) is 11.6. The zero-order valence-electron chi connectivity index (χ0n) is 12.6. The molecule has 1 aromatic rings. The standard InChI is InChI=1S/C15H23N3O2/c1-15(2,3)7-8-17-10-14(19)18-12-6-5-11(16)9-13(12)20-4/h5-6,8-9H,7,10,16H2,1-4H3,(H,18,19). The van der Waals surface area contributed by atoms with E-state index in [1.54, 1.807) is 24.4 Å². The largest absolute Gasteiger partial charge is 0.494 e. The number of benzene rings is 1. The Morgan fingerprint density at radius 2 is 2.15 bits per heavy atom. The first kappa shape index (κ1) is 16.0. The molecule has 0 saturated heterocycles. The Kier molecular flexibility index (Phi) is 5.55. The summed E-state index contributed by atoms with van der Waals surface area (Å²) in [6.45, 7) is 6.47. The summed E-state index contributed by atoms with van der Waals surface area (Å²) >= 11 is 0. The van der Waals surface area contributed by atoms with Crippen molar-refractivity contribution in [1.29, 1.82) is 0 Å². The van der Waals surface area contributed by atoms with Crippen LogP contribution in [0.25, 0.3) is 0 Å². The number of carbonyl (C=O) groups excluding carboxylic acids is 1. The number of nitrogens with two attached hydrogens (primary N) is 1. The summed E-state index contributed by atoms with van der Waals surface area (Å²) in [6.07, 6.45) is 2.63. The van der Waals surface area contributed by atoms with Gasteiger partial charge in [0.05, 0.1) is 12.8 Å². The van der Waals surface area contributed by atoms with Crippen LogP contribution in [0.5, 0.6) is 5.75 Å². The van der Waals surface area contributed by atoms with Crippen LogP contribution in [-0.2, 0) is 4.79 Å². The van der Waals surface area contributed by atoms with Crippen molar-refractivity contribution in [2.45, 2.75) is 27.2 Å². The number of anilines is 2. The van der Waals surface area contributed by atoms with E-state index in [0.29, 0.717) is 17.1 Å². The van der Waals surface area contributed by atoms with Crippen molar-refractivity contribution in [3.63, 3.8) is 0 Å². The van der Waals surface area contributed by atoms with Gasteiger partial charge in [-0.3, -0.25) is 9.79 Å². The van der Waals surface area contributed by atoms with Gasteiger partial charge in [0.1, 0.15) is 12.3 Å². The number of amides is 1. The number of rotatable bonds is 5. The molecule has 0 radical (unpaired) electrons. The Morgan fingerprint density at radius 1 is 1.45 bits per heavy atom. The highest BCUT2D eigenvalue weighted by atomic mass is 16.5. The van der Waals surface area contributed by atoms with E-state index < -0.39 is 0 Å². The van der Waals surface area contributed by atoms with Gasteiger partial charge in [-0.15, -0.1) is 0 Å². The monoisotopic (exact) mass is 277 g/mol. The first-order valence-corrected chi connectivity index (χ1v) is 6.53. The van der Waals surface area contributed by atoms with E-state index in [2.05, 4.69) is 31.1 Å². The van der Waals surface area contributed by atoms with Gasteiger partial charge >= 0.3 is 0 Å². The lowest BCUT2D eigenvalue weighted by atomic mass is 9.93. The van der Waals surface area contributed by atoms with Crippen molar-refractivity contribution < 1.29 is 9.53 Å². The number of nitrogen functional groups attached to an aromatic ring is 1. The van der Waals surface area contributed by atoms with Crippen LogP contribution in [0, 0.1) is 5.41 Å². The van der Waals surface area contributed by atoms with E-state index in [0.717, 1.165) is 6.42 Å². The van der Waals surface area contributed by atoms with Crippen molar-refractivity contribution in [1.82, 2.24) is 0 Å². The van der Waals surface area contributed by atoms with E-state index in [1.807, 2.05) is 0 Å². The van der Waals surface area contributed by atoms with Crippen molar-refractivity contribution in [3.05, 3.63) is 18.2 Å². The van der Waals surface area contributed by atoms with Gasteiger partial charge in [-0.1, -0.05) is 20.8 Å². The molecule has 0 aliphatic rings. The third kappa shape index (κ3) is 5.73. The minimum atomic E-state index is -0.182. The Labute approximate surface area is 120 Å². The maximum atomic E-state index is 11.8. The number of hydrogen-bond acceptors (Lipinski definition) is 4. The molecular weight excluding hydrogens is 254 g/mol. The summed E-state index contributed by atoms with van der Waals surface area (Å²) in [6, 6.07) is 5.09. The minimum Gasteiger partial charge on any atom is -0.494 e. The van der Waals surface area contributed by atoms with E-state index in [-0.39, 0.29) is 17.9 Å². The van der Waals surface area contributed by atoms with Gasteiger partial charge < -0.3 is 15.8 Å². The molecule has 1 rings (SSSR count). The van der Waals surface area contributed by atoms with E-state index in [9.17, 15) is 4.79 Å². The molecule has 0 aliphatic heterocycles. The zero-order valence-corrected chi connectivity index (χ0v) is 12.6. The van der Waals surface area contributed by atoms with Crippen LogP contribution >= 0.6 is 0 Å². The first-order valence-electron chi connectivity index (χ1n) is 6.53. The number of aliphatic imine (C=N–C) groups is 1. The molecule has 0 spiro atoms. The van der Waals surface area contributed by atoms with E-state index in [4.69, 9.17) is 10.5 Å². The maximum absolute atomic E-state index is 11.8. The highest BCUT2D eigenvalue weighted by Crippen LogP contribution is 2.26. The lowest BCUT2D eigenvalue weighted by molar-refractivity contribution is -0.114. The lowest BCUT2D eigenvalue weighted by Crippen LogP contribution is -2.16. The second-order valence-corrected chi connectivity index (χ2v) is 5.80. The highest BCUT2D eigenvalue weighted by Gasteiger charge is 2.09. The molecule has 0 heterocycles. The highest BCUT2D eigenvalue weighted by molar-refractivity contribution is 5.94. The number of carbonyl (C=O) groups is 1. The van der Waals surface area contributed by atoms with Gasteiger partial charge in [0, 0.05) is 11.8 Å². The predicted octanol–water partition coefficient (Wildman–Crippen LogP) is 2.72. The molecule has 5 nitrogen and oxygen atoms in total. The molecule has 0 atom stereocenters. The predicted molar refractivity (Wildman–Crippen MR) is 83.5 cm³/mol. The molecule has 20 heavy (non-hydrogen) atoms. The summed E-state index contributed by atoms with van der Waals surface area (Å²) in [5, 5.41) is 2.75. The summed E-state index contributed by atoms with van der Waals surface area (Å²) in [5.74, 6) is 0.357. The molecule has 1 amide bonds. The fourth-order valence-electron chi connectivity index (χ4n) is 1.49. The molecule has 0 aliphatic carbocycles. The van der Waals surface area contributed by atoms with Gasteiger partial charge in [-0.2, -0.15) is 0 Å². The topological polar surface area (TPSA) is 76.7 Å². The van der Waals surface area contributed by atoms with E-state index in [1.165, 1.54) is 7.11 Å². The molecule has 5 heteroatoms. The van der Waals surface area contributed by atoms with Crippen molar-refractivity contribution in [2.24, 2.45) is 10.4 Å². The van der Waals surface area contributed by atoms with Crippen molar-refractivity contribution >= 4 is 23.5 Å². The molecule has 0 fully saturated rings. The zero-order chi connectivity index (χ0) is 15.2. The van der Waals surface area contributed by atoms with Gasteiger partial charge in [-0.05, 0) is 30.2 Å². The summed E-state index contributed by atoms with van der Waals surface area (Å²) in [5.41, 5.74) is 7.02. The van der Waals surface area contributed by atoms with Gasteiger partial charge in [-0.25, -0.2) is 0 Å². The Bertz CT molecular complexity index is 490. The van der Waals surface area contributed by atoms with Crippen LogP contribution in [-0.4, -0.2) is 25.8 Å². The fraction of sp³-hybridized carbons (Fsp3) is 0.467. The Balaban J connectivity index is 2.55. The van der Waals surface area contributed by atoms with Crippen molar-refractivity contribution in [3.8, 4) is 5.75 Å². The van der Waals surface area contributed by atoms with Gasteiger partial charge in [0.2, 0.25) is 5.91 Å². The molecule has 0 aromatic heterocycles. The van der Waals surface area contributed by atoms with Crippen LogP contribution in [0.15, 0.2) is 23.2 Å². The van der Waals surface area contributed by atoms with E-state index >= 15 is 0 Å². The van der Waals surface area contributed by atoms with Crippen LogP contribution < -0.4 is 15.8 Å². The SMILES string of the molecule is COc1cc(N)ccc1NC(=O)CN=CCC(C)(C)C. The summed E-state index contributed by atoms with van der Waals surface area (Å²) in [4.78, 5) is 15.9. The Morgan fingerprint density at radius 3 is 2.75 bits per heavy atom. The van der Waals surface area contributed by atoms with Gasteiger partial charge in [0.25, 0.3) is 0 Å². The number of ether oxygens (including phenoxy) is 1. The van der Waals surface area contributed by atoms with Crippen molar-refractivity contribution in [2.75, 3.05) is 24.7 Å². The third-order valence-corrected chi connectivity index (χ3v) is 2.57. The number of methoxy groups -OCH3 is 1. The van der Waals surface area contributed by atoms with Crippen LogP contribution in [0.3, 0.4) is 0 Å².